The molecule has 0 aliphatic rings. The van der Waals surface area contributed by atoms with Gasteiger partial charge in [-0.2, -0.15) is 5.10 Å². The molecule has 0 atom stereocenters. The van der Waals surface area contributed by atoms with Gasteiger partial charge in [0.1, 0.15) is 0 Å². The first-order valence-electron chi connectivity index (χ1n) is 7.27. The normalized spacial score (nSPS) is 10.9. The topological polar surface area (TPSA) is 61.0 Å². The Bertz CT molecular complexity index is 602. The molecule has 1 aromatic carbocycles. The number of aromatic nitrogens is 2. The highest BCUT2D eigenvalue weighted by molar-refractivity contribution is 6.05. The maximum Gasteiger partial charge on any atom is 0.259 e. The van der Waals surface area contributed by atoms with Crippen molar-refractivity contribution in [3.8, 4) is 0 Å². The number of rotatable bonds is 6. The molecule has 0 radical (unpaired) electrons. The number of hydrogen-bond donors (Lipinski definition) is 2. The molecular formula is C16H22N4O. The lowest BCUT2D eigenvalue weighted by Gasteiger charge is -2.20. The van der Waals surface area contributed by atoms with Crippen LogP contribution in [0, 0.1) is 6.92 Å². The zero-order chi connectivity index (χ0) is 15.2. The number of benzene rings is 1. The Morgan fingerprint density at radius 3 is 2.62 bits per heavy atom. The number of aryl methyl sites for hydroxylation is 1. The zero-order valence-corrected chi connectivity index (χ0v) is 12.8. The highest BCUT2D eigenvalue weighted by Crippen LogP contribution is 2.18. The molecule has 0 saturated heterocycles. The van der Waals surface area contributed by atoms with Gasteiger partial charge in [-0.25, -0.2) is 0 Å². The van der Waals surface area contributed by atoms with E-state index in [-0.39, 0.29) is 5.91 Å². The number of anilines is 1. The van der Waals surface area contributed by atoms with Crippen molar-refractivity contribution < 1.29 is 4.79 Å². The number of H-pyrrole nitrogens is 1. The lowest BCUT2D eigenvalue weighted by atomic mass is 10.1. The van der Waals surface area contributed by atoms with Crippen molar-refractivity contribution in [3.63, 3.8) is 0 Å². The van der Waals surface area contributed by atoms with Crippen LogP contribution in [0.4, 0.5) is 5.69 Å². The summed E-state index contributed by atoms with van der Waals surface area (Å²) in [6.07, 6.45) is 1.55. The van der Waals surface area contributed by atoms with Crippen LogP contribution in [-0.2, 0) is 6.54 Å². The van der Waals surface area contributed by atoms with Gasteiger partial charge in [-0.05, 0) is 31.6 Å². The molecule has 0 bridgehead atoms. The zero-order valence-electron chi connectivity index (χ0n) is 12.8. The van der Waals surface area contributed by atoms with E-state index in [2.05, 4.69) is 40.3 Å². The molecule has 21 heavy (non-hydrogen) atoms. The van der Waals surface area contributed by atoms with Crippen molar-refractivity contribution in [2.24, 2.45) is 0 Å². The third-order valence-electron chi connectivity index (χ3n) is 3.63. The van der Waals surface area contributed by atoms with Gasteiger partial charge in [0.05, 0.1) is 11.8 Å². The van der Waals surface area contributed by atoms with E-state index < -0.39 is 0 Å². The first kappa shape index (κ1) is 15.3. The molecule has 0 aliphatic carbocycles. The summed E-state index contributed by atoms with van der Waals surface area (Å²) in [7, 11) is 0. The molecule has 5 nitrogen and oxygen atoms in total. The summed E-state index contributed by atoms with van der Waals surface area (Å²) >= 11 is 0. The smallest absolute Gasteiger partial charge is 0.259 e. The molecule has 5 heteroatoms. The minimum atomic E-state index is -0.131. The van der Waals surface area contributed by atoms with Crippen LogP contribution in [0.15, 0.2) is 30.5 Å². The quantitative estimate of drug-likeness (QED) is 0.858. The van der Waals surface area contributed by atoms with Crippen LogP contribution in [0.1, 0.15) is 35.5 Å². The minimum Gasteiger partial charge on any atom is -0.322 e. The second kappa shape index (κ2) is 7.04. The molecule has 2 N–H and O–H groups in total. The Labute approximate surface area is 125 Å². The van der Waals surface area contributed by atoms with E-state index in [1.807, 2.05) is 25.1 Å². The largest absolute Gasteiger partial charge is 0.322 e. The lowest BCUT2D eigenvalue weighted by molar-refractivity contribution is 0.102. The summed E-state index contributed by atoms with van der Waals surface area (Å²) in [5.74, 6) is -0.131. The van der Waals surface area contributed by atoms with E-state index in [0.717, 1.165) is 36.6 Å². The van der Waals surface area contributed by atoms with E-state index in [9.17, 15) is 4.79 Å². The maximum absolute atomic E-state index is 12.3. The fraction of sp³-hybridized carbons (Fsp3) is 0.375. The van der Waals surface area contributed by atoms with Crippen LogP contribution in [0.2, 0.25) is 0 Å². The third kappa shape index (κ3) is 3.70. The Morgan fingerprint density at radius 2 is 2.00 bits per heavy atom. The fourth-order valence-electron chi connectivity index (χ4n) is 2.24. The summed E-state index contributed by atoms with van der Waals surface area (Å²) < 4.78 is 0. The van der Waals surface area contributed by atoms with Gasteiger partial charge in [0.15, 0.2) is 0 Å². The Kier molecular flexibility index (Phi) is 5.11. The van der Waals surface area contributed by atoms with Crippen LogP contribution < -0.4 is 5.32 Å². The molecule has 1 amide bonds. The summed E-state index contributed by atoms with van der Waals surface area (Å²) in [5, 5.41) is 9.65. The number of amides is 1. The van der Waals surface area contributed by atoms with Crippen molar-refractivity contribution in [1.82, 2.24) is 15.1 Å². The van der Waals surface area contributed by atoms with Crippen molar-refractivity contribution in [2.75, 3.05) is 18.4 Å². The van der Waals surface area contributed by atoms with E-state index in [0.29, 0.717) is 5.56 Å². The molecule has 0 saturated carbocycles. The van der Waals surface area contributed by atoms with Crippen LogP contribution in [0.25, 0.3) is 0 Å². The molecule has 0 unspecified atom stereocenters. The fourth-order valence-corrected chi connectivity index (χ4v) is 2.24. The van der Waals surface area contributed by atoms with E-state index in [4.69, 9.17) is 0 Å². The molecule has 0 fully saturated rings. The van der Waals surface area contributed by atoms with Gasteiger partial charge >= 0.3 is 0 Å². The SMILES string of the molecule is CCN(CC)Cc1ccccc1NC(=O)c1cn[nH]c1C. The number of nitrogens with zero attached hydrogens (tertiary/aromatic N) is 2. The molecule has 0 aliphatic heterocycles. The maximum atomic E-state index is 12.3. The number of carbonyl (C=O) groups excluding carboxylic acids is 1. The summed E-state index contributed by atoms with van der Waals surface area (Å²) in [4.78, 5) is 14.6. The Hall–Kier alpha value is -2.14. The summed E-state index contributed by atoms with van der Waals surface area (Å²) in [6.45, 7) is 8.91. The van der Waals surface area contributed by atoms with Gasteiger partial charge in [-0.15, -0.1) is 0 Å². The summed E-state index contributed by atoms with van der Waals surface area (Å²) in [5.41, 5.74) is 3.33. The standard InChI is InChI=1S/C16H22N4O/c1-4-20(5-2)11-13-8-6-7-9-15(13)18-16(21)14-10-17-19-12(14)3/h6-10H,4-5,11H2,1-3H3,(H,17,19)(H,18,21). The number of carbonyl (C=O) groups is 1. The van der Waals surface area contributed by atoms with Gasteiger partial charge in [-0.3, -0.25) is 14.8 Å². The Balaban J connectivity index is 2.17. The van der Waals surface area contributed by atoms with Crippen molar-refractivity contribution in [1.29, 1.82) is 0 Å². The first-order chi connectivity index (χ1) is 10.2. The molecule has 2 rings (SSSR count). The van der Waals surface area contributed by atoms with Gasteiger partial charge in [0, 0.05) is 17.9 Å². The van der Waals surface area contributed by atoms with Crippen LogP contribution in [-0.4, -0.2) is 34.1 Å². The lowest BCUT2D eigenvalue weighted by Crippen LogP contribution is -2.23. The molecule has 1 aromatic heterocycles. The monoisotopic (exact) mass is 286 g/mol. The second-order valence-electron chi connectivity index (χ2n) is 4.98. The van der Waals surface area contributed by atoms with Crippen LogP contribution in [0.3, 0.4) is 0 Å². The average Bonchev–Trinajstić information content (AvgIpc) is 2.92. The third-order valence-corrected chi connectivity index (χ3v) is 3.63. The molecule has 0 spiro atoms. The van der Waals surface area contributed by atoms with Crippen LogP contribution >= 0.6 is 0 Å². The number of nitrogens with one attached hydrogen (secondary N) is 2. The molecule has 112 valence electrons. The van der Waals surface area contributed by atoms with Gasteiger partial charge in [0.2, 0.25) is 0 Å². The van der Waals surface area contributed by atoms with E-state index >= 15 is 0 Å². The molecule has 1 heterocycles. The van der Waals surface area contributed by atoms with Crippen molar-refractivity contribution in [2.45, 2.75) is 27.3 Å². The number of aromatic amines is 1. The van der Waals surface area contributed by atoms with Crippen LogP contribution in [0.5, 0.6) is 0 Å². The number of hydrogen-bond acceptors (Lipinski definition) is 3. The van der Waals surface area contributed by atoms with Gasteiger partial charge in [-0.1, -0.05) is 32.0 Å². The highest BCUT2D eigenvalue weighted by atomic mass is 16.1. The van der Waals surface area contributed by atoms with E-state index in [1.54, 1.807) is 6.20 Å². The average molecular weight is 286 g/mol. The van der Waals surface area contributed by atoms with Gasteiger partial charge in [0.25, 0.3) is 5.91 Å². The Morgan fingerprint density at radius 1 is 1.29 bits per heavy atom. The number of para-hydroxylation sites is 1. The predicted molar refractivity (Wildman–Crippen MR) is 84.3 cm³/mol. The molecule has 2 aromatic rings. The first-order valence-corrected chi connectivity index (χ1v) is 7.27. The second-order valence-corrected chi connectivity index (χ2v) is 4.98. The minimum absolute atomic E-state index is 0.131. The van der Waals surface area contributed by atoms with Crippen molar-refractivity contribution in [3.05, 3.63) is 47.3 Å². The predicted octanol–water partition coefficient (Wildman–Crippen LogP) is 2.81. The molecular weight excluding hydrogens is 264 g/mol. The van der Waals surface area contributed by atoms with Gasteiger partial charge < -0.3 is 5.32 Å². The van der Waals surface area contributed by atoms with E-state index in [1.165, 1.54) is 0 Å². The van der Waals surface area contributed by atoms with Crippen molar-refractivity contribution >= 4 is 11.6 Å². The summed E-state index contributed by atoms with van der Waals surface area (Å²) in [6, 6.07) is 7.92. The highest BCUT2D eigenvalue weighted by Gasteiger charge is 2.13.